The molecule has 1 atom stereocenters. The monoisotopic (exact) mass is 207 g/mol. The predicted octanol–water partition coefficient (Wildman–Crippen LogP) is 1.56. The summed E-state index contributed by atoms with van der Waals surface area (Å²) in [7, 11) is 0. The molecule has 4 nitrogen and oxygen atoms in total. The SMILES string of the molecule is CC(CC(=O)O)C(=O)c1ccccc1N. The predicted molar refractivity (Wildman–Crippen MR) is 56.6 cm³/mol. The van der Waals surface area contributed by atoms with E-state index in [1.807, 2.05) is 0 Å². The lowest BCUT2D eigenvalue weighted by molar-refractivity contribution is -0.137. The molecule has 0 saturated carbocycles. The molecule has 0 aliphatic carbocycles. The van der Waals surface area contributed by atoms with Crippen molar-refractivity contribution >= 4 is 17.4 Å². The molecule has 3 N–H and O–H groups in total. The van der Waals surface area contributed by atoms with E-state index in [0.29, 0.717) is 11.3 Å². The van der Waals surface area contributed by atoms with Gasteiger partial charge in [-0.15, -0.1) is 0 Å². The van der Waals surface area contributed by atoms with Crippen LogP contribution in [0.2, 0.25) is 0 Å². The summed E-state index contributed by atoms with van der Waals surface area (Å²) >= 11 is 0. The summed E-state index contributed by atoms with van der Waals surface area (Å²) in [4.78, 5) is 22.2. The lowest BCUT2D eigenvalue weighted by atomic mass is 9.95. The number of nitrogen functional groups attached to an aromatic ring is 1. The zero-order valence-corrected chi connectivity index (χ0v) is 8.43. The molecule has 1 aromatic rings. The number of anilines is 1. The minimum absolute atomic E-state index is 0.173. The zero-order chi connectivity index (χ0) is 11.4. The largest absolute Gasteiger partial charge is 0.481 e. The second-order valence-electron chi connectivity index (χ2n) is 3.45. The summed E-state index contributed by atoms with van der Waals surface area (Å²) in [6.45, 7) is 1.59. The fourth-order valence-electron chi connectivity index (χ4n) is 1.34. The first-order valence-corrected chi connectivity index (χ1v) is 4.63. The molecule has 0 aromatic heterocycles. The van der Waals surface area contributed by atoms with E-state index in [1.165, 1.54) is 0 Å². The topological polar surface area (TPSA) is 80.4 Å². The summed E-state index contributed by atoms with van der Waals surface area (Å²) in [5.41, 5.74) is 6.41. The van der Waals surface area contributed by atoms with Gasteiger partial charge in [-0.2, -0.15) is 0 Å². The van der Waals surface area contributed by atoms with E-state index in [0.717, 1.165) is 0 Å². The van der Waals surface area contributed by atoms with Gasteiger partial charge in [-0.05, 0) is 12.1 Å². The molecule has 0 aliphatic rings. The van der Waals surface area contributed by atoms with Gasteiger partial charge in [-0.25, -0.2) is 0 Å². The van der Waals surface area contributed by atoms with Gasteiger partial charge in [0.25, 0.3) is 0 Å². The summed E-state index contributed by atoms with van der Waals surface area (Å²) in [5.74, 6) is -1.76. The van der Waals surface area contributed by atoms with E-state index in [1.54, 1.807) is 31.2 Å². The molecule has 0 aliphatic heterocycles. The van der Waals surface area contributed by atoms with Gasteiger partial charge in [-0.1, -0.05) is 19.1 Å². The van der Waals surface area contributed by atoms with Gasteiger partial charge in [0, 0.05) is 17.2 Å². The van der Waals surface area contributed by atoms with Crippen LogP contribution in [0.5, 0.6) is 0 Å². The van der Waals surface area contributed by atoms with E-state index >= 15 is 0 Å². The number of carboxylic acid groups (broad SMARTS) is 1. The van der Waals surface area contributed by atoms with E-state index in [-0.39, 0.29) is 12.2 Å². The molecule has 0 amide bonds. The van der Waals surface area contributed by atoms with Gasteiger partial charge in [0.1, 0.15) is 0 Å². The normalized spacial score (nSPS) is 12.1. The average molecular weight is 207 g/mol. The number of hydrogen-bond donors (Lipinski definition) is 2. The first kappa shape index (κ1) is 11.2. The first-order valence-electron chi connectivity index (χ1n) is 4.63. The molecule has 4 heteroatoms. The number of benzene rings is 1. The van der Waals surface area contributed by atoms with Gasteiger partial charge in [0.05, 0.1) is 6.42 Å². The van der Waals surface area contributed by atoms with Crippen LogP contribution in [0, 0.1) is 5.92 Å². The third kappa shape index (κ3) is 2.80. The van der Waals surface area contributed by atoms with Gasteiger partial charge in [0.15, 0.2) is 5.78 Å². The third-order valence-electron chi connectivity index (χ3n) is 2.15. The summed E-state index contributed by atoms with van der Waals surface area (Å²) in [6, 6.07) is 6.67. The number of carboxylic acids is 1. The second kappa shape index (κ2) is 4.59. The minimum atomic E-state index is -0.981. The molecule has 0 spiro atoms. The highest BCUT2D eigenvalue weighted by Gasteiger charge is 2.19. The number of hydrogen-bond acceptors (Lipinski definition) is 3. The van der Waals surface area contributed by atoms with Crippen LogP contribution in [0.4, 0.5) is 5.69 Å². The van der Waals surface area contributed by atoms with Crippen LogP contribution in [0.1, 0.15) is 23.7 Å². The maximum Gasteiger partial charge on any atom is 0.304 e. The number of Topliss-reactive ketones (excluding diaryl/α,β-unsaturated/α-hetero) is 1. The lowest BCUT2D eigenvalue weighted by Gasteiger charge is -2.09. The Morgan fingerprint density at radius 1 is 1.40 bits per heavy atom. The van der Waals surface area contributed by atoms with Crippen LogP contribution in [0.15, 0.2) is 24.3 Å². The van der Waals surface area contributed by atoms with Crippen molar-refractivity contribution in [1.82, 2.24) is 0 Å². The van der Waals surface area contributed by atoms with Crippen molar-refractivity contribution in [3.05, 3.63) is 29.8 Å². The molecule has 1 aromatic carbocycles. The van der Waals surface area contributed by atoms with Crippen molar-refractivity contribution in [1.29, 1.82) is 0 Å². The number of aliphatic carboxylic acids is 1. The van der Waals surface area contributed by atoms with E-state index in [9.17, 15) is 9.59 Å². The number of para-hydroxylation sites is 1. The summed E-state index contributed by atoms with van der Waals surface area (Å²) < 4.78 is 0. The molecule has 0 fully saturated rings. The molecule has 1 unspecified atom stereocenters. The Morgan fingerprint density at radius 2 is 2.00 bits per heavy atom. The smallest absolute Gasteiger partial charge is 0.304 e. The van der Waals surface area contributed by atoms with Gasteiger partial charge >= 0.3 is 5.97 Å². The molecule has 0 bridgehead atoms. The highest BCUT2D eigenvalue weighted by molar-refractivity contribution is 6.03. The number of nitrogens with two attached hydrogens (primary N) is 1. The molecule has 1 rings (SSSR count). The van der Waals surface area contributed by atoms with E-state index < -0.39 is 11.9 Å². The Morgan fingerprint density at radius 3 is 2.53 bits per heavy atom. The number of carbonyl (C=O) groups excluding carboxylic acids is 1. The molecule has 80 valence electrons. The summed E-state index contributed by atoms with van der Waals surface area (Å²) in [6.07, 6.45) is -0.173. The van der Waals surface area contributed by atoms with Crippen molar-refractivity contribution in [2.75, 3.05) is 5.73 Å². The number of ketones is 1. The molecular weight excluding hydrogens is 194 g/mol. The van der Waals surface area contributed by atoms with Crippen molar-refractivity contribution in [3.63, 3.8) is 0 Å². The third-order valence-corrected chi connectivity index (χ3v) is 2.15. The maximum atomic E-state index is 11.8. The zero-order valence-electron chi connectivity index (χ0n) is 8.43. The van der Waals surface area contributed by atoms with Gasteiger partial charge in [-0.3, -0.25) is 9.59 Å². The van der Waals surface area contributed by atoms with Gasteiger partial charge in [0.2, 0.25) is 0 Å². The molecule has 0 radical (unpaired) electrons. The Labute approximate surface area is 87.7 Å². The van der Waals surface area contributed by atoms with Crippen molar-refractivity contribution in [2.45, 2.75) is 13.3 Å². The Hall–Kier alpha value is -1.84. The van der Waals surface area contributed by atoms with Crippen LogP contribution in [0.25, 0.3) is 0 Å². The van der Waals surface area contributed by atoms with Crippen LogP contribution < -0.4 is 5.73 Å². The molecule has 0 saturated heterocycles. The number of carbonyl (C=O) groups is 2. The van der Waals surface area contributed by atoms with Crippen molar-refractivity contribution < 1.29 is 14.7 Å². The Kier molecular flexibility index (Phi) is 3.44. The van der Waals surface area contributed by atoms with Crippen LogP contribution in [0.3, 0.4) is 0 Å². The Balaban J connectivity index is 2.85. The fourth-order valence-corrected chi connectivity index (χ4v) is 1.34. The van der Waals surface area contributed by atoms with E-state index in [4.69, 9.17) is 10.8 Å². The highest BCUT2D eigenvalue weighted by Crippen LogP contribution is 2.17. The molecule has 0 heterocycles. The number of rotatable bonds is 4. The molecular formula is C11H13NO3. The highest BCUT2D eigenvalue weighted by atomic mass is 16.4. The van der Waals surface area contributed by atoms with Crippen molar-refractivity contribution in [3.8, 4) is 0 Å². The quantitative estimate of drug-likeness (QED) is 0.580. The summed E-state index contributed by atoms with van der Waals surface area (Å²) in [5, 5.41) is 8.57. The fraction of sp³-hybridized carbons (Fsp3) is 0.273. The lowest BCUT2D eigenvalue weighted by Crippen LogP contribution is -2.16. The van der Waals surface area contributed by atoms with Crippen LogP contribution in [-0.2, 0) is 4.79 Å². The second-order valence-corrected chi connectivity index (χ2v) is 3.45. The van der Waals surface area contributed by atoms with Crippen molar-refractivity contribution in [2.24, 2.45) is 5.92 Å². The van der Waals surface area contributed by atoms with Gasteiger partial charge < -0.3 is 10.8 Å². The first-order chi connectivity index (χ1) is 7.02. The molecule has 15 heavy (non-hydrogen) atoms. The standard InChI is InChI=1S/C11H13NO3/c1-7(6-10(13)14)11(15)8-4-2-3-5-9(8)12/h2-5,7H,6,12H2,1H3,(H,13,14). The minimum Gasteiger partial charge on any atom is -0.481 e. The van der Waals surface area contributed by atoms with Crippen LogP contribution in [-0.4, -0.2) is 16.9 Å². The average Bonchev–Trinajstić information content (AvgIpc) is 2.16. The van der Waals surface area contributed by atoms with E-state index in [2.05, 4.69) is 0 Å². The Bertz CT molecular complexity index is 387. The maximum absolute atomic E-state index is 11.8. The van der Waals surface area contributed by atoms with Crippen LogP contribution >= 0.6 is 0 Å².